The number of benzene rings is 7. The fourth-order valence-electron chi connectivity index (χ4n) is 6.68. The summed E-state index contributed by atoms with van der Waals surface area (Å²) in [5, 5.41) is 13.5. The molecule has 186 valence electrons. The van der Waals surface area contributed by atoms with Crippen LogP contribution in [0.1, 0.15) is 0 Å². The van der Waals surface area contributed by atoms with E-state index < -0.39 is 0 Å². The van der Waals surface area contributed by atoms with Gasteiger partial charge in [-0.25, -0.2) is 0 Å². The average Bonchev–Trinajstić information content (AvgIpc) is 3.64. The van der Waals surface area contributed by atoms with Gasteiger partial charge in [-0.1, -0.05) is 109 Å². The fourth-order valence-corrected chi connectivity index (χ4v) is 7.66. The molecule has 0 atom stereocenters. The van der Waals surface area contributed by atoms with Gasteiger partial charge in [-0.05, 0) is 78.2 Å². The van der Waals surface area contributed by atoms with Crippen molar-refractivity contribution in [1.29, 1.82) is 0 Å². The fraction of sp³-hybridized carbons (Fsp3) is 0. The zero-order chi connectivity index (χ0) is 26.2. The van der Waals surface area contributed by atoms with E-state index in [4.69, 9.17) is 4.42 Å². The van der Waals surface area contributed by atoms with Gasteiger partial charge in [0, 0.05) is 20.9 Å². The molecule has 2 heteroatoms. The zero-order valence-electron chi connectivity index (χ0n) is 21.5. The Bertz CT molecular complexity index is 2380. The molecule has 0 aliphatic rings. The molecule has 0 aliphatic carbocycles. The molecule has 0 amide bonds. The van der Waals surface area contributed by atoms with Crippen molar-refractivity contribution in [1.82, 2.24) is 0 Å². The van der Waals surface area contributed by atoms with E-state index >= 15 is 0 Å². The Balaban J connectivity index is 1.48. The summed E-state index contributed by atoms with van der Waals surface area (Å²) in [5.41, 5.74) is 6.92. The second-order valence-corrected chi connectivity index (χ2v) is 11.3. The normalized spacial score (nSPS) is 12.0. The summed E-state index contributed by atoms with van der Waals surface area (Å²) in [6.45, 7) is 0. The van der Waals surface area contributed by atoms with Crippen LogP contribution in [0.25, 0.3) is 86.6 Å². The summed E-state index contributed by atoms with van der Waals surface area (Å²) in [6.07, 6.45) is 0. The molecule has 0 unspecified atom stereocenters. The van der Waals surface area contributed by atoms with Crippen LogP contribution in [-0.2, 0) is 0 Å². The van der Waals surface area contributed by atoms with Gasteiger partial charge < -0.3 is 4.42 Å². The van der Waals surface area contributed by atoms with Gasteiger partial charge >= 0.3 is 0 Å². The summed E-state index contributed by atoms with van der Waals surface area (Å²) in [6, 6.07) is 46.1. The predicted octanol–water partition coefficient (Wildman–Crippen LogP) is 11.6. The lowest BCUT2D eigenvalue weighted by atomic mass is 9.84. The standard InChI is InChI=1S/C38H22OS/c1-2-12-24-23(10-1)11-9-18-25(24)35-26-13-3-5-15-28(26)36(29-16-6-4-14-27(29)35)32-22-34-37(38-30(32)20-21-40-38)31-17-7-8-19-33(31)39-34/h1-22H. The van der Waals surface area contributed by atoms with Gasteiger partial charge in [-0.3, -0.25) is 0 Å². The van der Waals surface area contributed by atoms with Crippen molar-refractivity contribution < 1.29 is 4.42 Å². The quantitative estimate of drug-likeness (QED) is 0.204. The number of para-hydroxylation sites is 1. The smallest absolute Gasteiger partial charge is 0.137 e. The Hall–Kier alpha value is -4.92. The van der Waals surface area contributed by atoms with E-state index in [1.165, 1.54) is 75.4 Å². The molecule has 40 heavy (non-hydrogen) atoms. The van der Waals surface area contributed by atoms with Gasteiger partial charge in [0.25, 0.3) is 0 Å². The van der Waals surface area contributed by atoms with Crippen LogP contribution in [0.3, 0.4) is 0 Å². The van der Waals surface area contributed by atoms with Gasteiger partial charge in [0.2, 0.25) is 0 Å². The van der Waals surface area contributed by atoms with Gasteiger partial charge in [-0.2, -0.15) is 0 Å². The highest BCUT2D eigenvalue weighted by molar-refractivity contribution is 7.18. The number of fused-ring (bicyclic) bond motifs is 8. The molecule has 0 radical (unpaired) electrons. The molecule has 0 spiro atoms. The Labute approximate surface area is 234 Å². The number of thiophene rings is 1. The molecule has 0 N–H and O–H groups in total. The second-order valence-electron chi connectivity index (χ2n) is 10.4. The van der Waals surface area contributed by atoms with E-state index in [0.29, 0.717) is 0 Å². The topological polar surface area (TPSA) is 13.1 Å². The van der Waals surface area contributed by atoms with E-state index in [0.717, 1.165) is 11.2 Å². The molecular formula is C38H22OS. The molecule has 7 aromatic carbocycles. The molecule has 0 fully saturated rings. The maximum absolute atomic E-state index is 6.46. The van der Waals surface area contributed by atoms with Crippen LogP contribution in [0.2, 0.25) is 0 Å². The van der Waals surface area contributed by atoms with Gasteiger partial charge in [-0.15, -0.1) is 11.3 Å². The Morgan fingerprint density at radius 2 is 1.00 bits per heavy atom. The van der Waals surface area contributed by atoms with Crippen molar-refractivity contribution in [2.24, 2.45) is 0 Å². The third-order valence-electron chi connectivity index (χ3n) is 8.34. The molecule has 9 rings (SSSR count). The minimum absolute atomic E-state index is 0.936. The van der Waals surface area contributed by atoms with E-state index in [2.05, 4.69) is 127 Å². The van der Waals surface area contributed by atoms with Crippen molar-refractivity contribution in [2.75, 3.05) is 0 Å². The van der Waals surface area contributed by atoms with E-state index in [1.54, 1.807) is 11.3 Å². The molecule has 9 aromatic rings. The summed E-state index contributed by atoms with van der Waals surface area (Å²) in [5.74, 6) is 0. The molecule has 0 saturated heterocycles. The summed E-state index contributed by atoms with van der Waals surface area (Å²) in [7, 11) is 0. The third-order valence-corrected chi connectivity index (χ3v) is 9.27. The Morgan fingerprint density at radius 1 is 0.425 bits per heavy atom. The third kappa shape index (κ3) is 2.97. The molecule has 0 aliphatic heterocycles. The first-order valence-electron chi connectivity index (χ1n) is 13.6. The predicted molar refractivity (Wildman–Crippen MR) is 172 cm³/mol. The van der Waals surface area contributed by atoms with E-state index in [1.807, 2.05) is 6.07 Å². The first-order valence-corrected chi connectivity index (χ1v) is 14.5. The minimum Gasteiger partial charge on any atom is -0.456 e. The van der Waals surface area contributed by atoms with Crippen molar-refractivity contribution in [2.45, 2.75) is 0 Å². The molecule has 1 nitrogen and oxygen atoms in total. The van der Waals surface area contributed by atoms with E-state index in [9.17, 15) is 0 Å². The zero-order valence-corrected chi connectivity index (χ0v) is 22.3. The SMILES string of the molecule is c1ccc2c(-c3c4ccccc4c(-c4cc5oc6ccccc6c5c5sccc45)c4ccccc34)cccc2c1. The molecular weight excluding hydrogens is 504 g/mol. The van der Waals surface area contributed by atoms with E-state index in [-0.39, 0.29) is 0 Å². The van der Waals surface area contributed by atoms with Crippen molar-refractivity contribution in [3.05, 3.63) is 133 Å². The number of furan rings is 1. The van der Waals surface area contributed by atoms with Gasteiger partial charge in [0.15, 0.2) is 0 Å². The number of rotatable bonds is 2. The number of hydrogen-bond acceptors (Lipinski definition) is 2. The molecule has 2 heterocycles. The first-order chi connectivity index (χ1) is 19.9. The maximum atomic E-state index is 6.46. The highest BCUT2D eigenvalue weighted by Crippen LogP contribution is 2.49. The van der Waals surface area contributed by atoms with Crippen molar-refractivity contribution >= 4 is 75.7 Å². The maximum Gasteiger partial charge on any atom is 0.137 e. The average molecular weight is 527 g/mol. The largest absolute Gasteiger partial charge is 0.456 e. The Kier molecular flexibility index (Phi) is 4.55. The molecule has 0 saturated carbocycles. The van der Waals surface area contributed by atoms with Gasteiger partial charge in [0.1, 0.15) is 11.2 Å². The van der Waals surface area contributed by atoms with Crippen LogP contribution >= 0.6 is 11.3 Å². The molecule has 2 aromatic heterocycles. The van der Waals surface area contributed by atoms with Gasteiger partial charge in [0.05, 0.1) is 0 Å². The number of hydrogen-bond donors (Lipinski definition) is 0. The summed E-state index contributed by atoms with van der Waals surface area (Å²) < 4.78 is 7.75. The lowest BCUT2D eigenvalue weighted by Crippen LogP contribution is -1.92. The lowest BCUT2D eigenvalue weighted by molar-refractivity contribution is 0.669. The first kappa shape index (κ1) is 22.0. The minimum atomic E-state index is 0.936. The second kappa shape index (κ2) is 8.29. The van der Waals surface area contributed by atoms with Crippen LogP contribution in [0.4, 0.5) is 0 Å². The van der Waals surface area contributed by atoms with Crippen LogP contribution in [0, 0.1) is 0 Å². The highest BCUT2D eigenvalue weighted by Gasteiger charge is 2.21. The Morgan fingerprint density at radius 3 is 1.73 bits per heavy atom. The lowest BCUT2D eigenvalue weighted by Gasteiger charge is -2.19. The van der Waals surface area contributed by atoms with Crippen LogP contribution in [0.15, 0.2) is 137 Å². The highest BCUT2D eigenvalue weighted by atomic mass is 32.1. The van der Waals surface area contributed by atoms with Crippen LogP contribution in [0.5, 0.6) is 0 Å². The summed E-state index contributed by atoms with van der Waals surface area (Å²) in [4.78, 5) is 0. The molecule has 0 bridgehead atoms. The summed E-state index contributed by atoms with van der Waals surface area (Å²) >= 11 is 1.80. The monoisotopic (exact) mass is 526 g/mol. The van der Waals surface area contributed by atoms with Crippen LogP contribution in [-0.4, -0.2) is 0 Å². The van der Waals surface area contributed by atoms with Crippen molar-refractivity contribution in [3.8, 4) is 22.3 Å². The van der Waals surface area contributed by atoms with Crippen molar-refractivity contribution in [3.63, 3.8) is 0 Å². The van der Waals surface area contributed by atoms with Crippen LogP contribution < -0.4 is 0 Å².